The Bertz CT molecular complexity index is 727. The van der Waals surface area contributed by atoms with E-state index in [-0.39, 0.29) is 5.04 Å². The number of aryl methyl sites for hydroxylation is 1. The Morgan fingerprint density at radius 1 is 1.03 bits per heavy atom. The van der Waals surface area contributed by atoms with Crippen LogP contribution in [-0.2, 0) is 36.4 Å². The Morgan fingerprint density at radius 2 is 1.61 bits per heavy atom. The summed E-state index contributed by atoms with van der Waals surface area (Å²) in [6.45, 7) is 24.4. The van der Waals surface area contributed by atoms with Crippen LogP contribution in [0.4, 0.5) is 0 Å². The molecule has 0 saturated carbocycles. The van der Waals surface area contributed by atoms with Crippen molar-refractivity contribution >= 4 is 20.9 Å². The van der Waals surface area contributed by atoms with Crippen LogP contribution in [0.2, 0.25) is 18.1 Å². The number of aromatic nitrogens is 2. The van der Waals surface area contributed by atoms with E-state index in [1.165, 1.54) is 0 Å². The standard InChI is InChI=1S/C22H43BN2O5Si/c1-17-19(23-29-21(5,6)22(7,8)30-23)18(16-28-31(10,11)20(2,3)4)25(24-17)12-13-27-15-14-26-9/h12-16H2,1-11H3. The summed E-state index contributed by atoms with van der Waals surface area (Å²) < 4.78 is 32.1. The van der Waals surface area contributed by atoms with Crippen LogP contribution in [0.1, 0.15) is 59.9 Å². The SMILES string of the molecule is COCCOCCn1nc(C)c(B2OC(C)(C)C(C)(C)O2)c1CO[Si](C)(C)C(C)(C)C. The van der Waals surface area contributed by atoms with E-state index in [4.69, 9.17) is 28.3 Å². The van der Waals surface area contributed by atoms with E-state index >= 15 is 0 Å². The van der Waals surface area contributed by atoms with Gasteiger partial charge >= 0.3 is 7.12 Å². The van der Waals surface area contributed by atoms with Crippen LogP contribution in [0.5, 0.6) is 0 Å². The molecule has 0 atom stereocenters. The highest BCUT2D eigenvalue weighted by Crippen LogP contribution is 2.38. The van der Waals surface area contributed by atoms with Gasteiger partial charge in [0.1, 0.15) is 0 Å². The van der Waals surface area contributed by atoms with Gasteiger partial charge in [0, 0.05) is 12.6 Å². The number of hydrogen-bond acceptors (Lipinski definition) is 6. The van der Waals surface area contributed by atoms with Crippen LogP contribution in [0.25, 0.3) is 0 Å². The summed E-state index contributed by atoms with van der Waals surface area (Å²) in [6, 6.07) is 0. The van der Waals surface area contributed by atoms with E-state index in [0.717, 1.165) is 16.9 Å². The van der Waals surface area contributed by atoms with Gasteiger partial charge in [-0.2, -0.15) is 5.10 Å². The fourth-order valence-electron chi connectivity index (χ4n) is 3.11. The molecule has 0 spiro atoms. The summed E-state index contributed by atoms with van der Waals surface area (Å²) in [7, 11) is -0.732. The minimum Gasteiger partial charge on any atom is -0.411 e. The quantitative estimate of drug-likeness (QED) is 0.397. The first-order valence-electron chi connectivity index (χ1n) is 11.3. The second-order valence-electron chi connectivity index (χ2n) is 10.9. The molecule has 1 aromatic rings. The topological polar surface area (TPSA) is 64.0 Å². The normalized spacial score (nSPS) is 18.7. The Balaban J connectivity index is 2.31. The van der Waals surface area contributed by atoms with Crippen LogP contribution in [0, 0.1) is 6.92 Å². The summed E-state index contributed by atoms with van der Waals surface area (Å²) in [5, 5.41) is 4.94. The molecular weight excluding hydrogens is 411 g/mol. The molecule has 0 bridgehead atoms. The largest absolute Gasteiger partial charge is 0.498 e. The minimum absolute atomic E-state index is 0.126. The van der Waals surface area contributed by atoms with E-state index in [2.05, 4.69) is 61.6 Å². The van der Waals surface area contributed by atoms with Gasteiger partial charge in [-0.15, -0.1) is 0 Å². The van der Waals surface area contributed by atoms with Crippen molar-refractivity contribution in [2.24, 2.45) is 0 Å². The van der Waals surface area contributed by atoms with Crippen LogP contribution >= 0.6 is 0 Å². The summed E-state index contributed by atoms with van der Waals surface area (Å²) in [6.07, 6.45) is 0. The highest BCUT2D eigenvalue weighted by atomic mass is 28.4. The maximum atomic E-state index is 6.59. The molecule has 31 heavy (non-hydrogen) atoms. The highest BCUT2D eigenvalue weighted by molar-refractivity contribution is 6.74. The Kier molecular flexibility index (Phi) is 8.26. The highest BCUT2D eigenvalue weighted by Gasteiger charge is 2.53. The van der Waals surface area contributed by atoms with Crippen molar-refractivity contribution in [3.63, 3.8) is 0 Å². The predicted molar refractivity (Wildman–Crippen MR) is 127 cm³/mol. The van der Waals surface area contributed by atoms with Gasteiger partial charge in [-0.3, -0.25) is 4.68 Å². The molecule has 1 aromatic heterocycles. The third-order valence-corrected chi connectivity index (χ3v) is 11.5. The molecule has 0 unspecified atom stereocenters. The van der Waals surface area contributed by atoms with Gasteiger partial charge in [0.15, 0.2) is 8.32 Å². The summed E-state index contributed by atoms with van der Waals surface area (Å²) in [5.74, 6) is 0. The van der Waals surface area contributed by atoms with E-state index in [1.54, 1.807) is 7.11 Å². The molecule has 2 heterocycles. The third-order valence-electron chi connectivity index (χ3n) is 7.03. The van der Waals surface area contributed by atoms with Gasteiger partial charge < -0.3 is 23.2 Å². The zero-order valence-corrected chi connectivity index (χ0v) is 22.5. The minimum atomic E-state index is -1.94. The zero-order valence-electron chi connectivity index (χ0n) is 21.5. The van der Waals surface area contributed by atoms with Crippen molar-refractivity contribution < 1.29 is 23.2 Å². The van der Waals surface area contributed by atoms with E-state index < -0.39 is 26.6 Å². The number of ether oxygens (including phenoxy) is 2. The van der Waals surface area contributed by atoms with Crippen LogP contribution in [-0.4, -0.2) is 63.3 Å². The van der Waals surface area contributed by atoms with Crippen LogP contribution in [0.3, 0.4) is 0 Å². The maximum Gasteiger partial charge on any atom is 0.498 e. The molecule has 1 aliphatic rings. The van der Waals surface area contributed by atoms with Gasteiger partial charge in [0.2, 0.25) is 0 Å². The van der Waals surface area contributed by atoms with Gasteiger partial charge in [0.25, 0.3) is 0 Å². The van der Waals surface area contributed by atoms with Crippen molar-refractivity contribution in [2.75, 3.05) is 26.9 Å². The average molecular weight is 454 g/mol. The lowest BCUT2D eigenvalue weighted by molar-refractivity contribution is 0.00578. The van der Waals surface area contributed by atoms with Gasteiger partial charge in [0.05, 0.1) is 55.6 Å². The predicted octanol–water partition coefficient (Wildman–Crippen LogP) is 3.68. The molecule has 0 aliphatic carbocycles. The van der Waals surface area contributed by atoms with Crippen LogP contribution in [0.15, 0.2) is 0 Å². The van der Waals surface area contributed by atoms with Crippen molar-refractivity contribution in [1.29, 1.82) is 0 Å². The lowest BCUT2D eigenvalue weighted by Crippen LogP contribution is -2.43. The van der Waals surface area contributed by atoms with Gasteiger partial charge in [-0.1, -0.05) is 20.8 Å². The maximum absolute atomic E-state index is 6.59. The third kappa shape index (κ3) is 6.00. The molecule has 0 N–H and O–H groups in total. The summed E-state index contributed by atoms with van der Waals surface area (Å²) in [4.78, 5) is 0. The zero-order chi connectivity index (χ0) is 23.7. The van der Waals surface area contributed by atoms with Crippen LogP contribution < -0.4 is 5.46 Å². The molecule has 7 nitrogen and oxygen atoms in total. The molecule has 1 saturated heterocycles. The number of rotatable bonds is 10. The van der Waals surface area contributed by atoms with Gasteiger partial charge in [-0.25, -0.2) is 0 Å². The second kappa shape index (κ2) is 9.65. The molecular formula is C22H43BN2O5Si. The summed E-state index contributed by atoms with van der Waals surface area (Å²) >= 11 is 0. The fraction of sp³-hybridized carbons (Fsp3) is 0.864. The molecule has 2 rings (SSSR count). The molecule has 0 radical (unpaired) electrons. The van der Waals surface area contributed by atoms with Crippen molar-refractivity contribution in [3.8, 4) is 0 Å². The average Bonchev–Trinajstić information content (AvgIpc) is 3.03. The summed E-state index contributed by atoms with van der Waals surface area (Å²) in [5.41, 5.74) is 2.08. The van der Waals surface area contributed by atoms with E-state index in [0.29, 0.717) is 33.0 Å². The monoisotopic (exact) mass is 454 g/mol. The Hall–Kier alpha value is -0.708. The fourth-order valence-corrected chi connectivity index (χ4v) is 4.04. The van der Waals surface area contributed by atoms with E-state index in [9.17, 15) is 0 Å². The first-order valence-corrected chi connectivity index (χ1v) is 14.2. The number of methoxy groups -OCH3 is 1. The second-order valence-corrected chi connectivity index (χ2v) is 15.7. The number of nitrogens with zero attached hydrogens (tertiary/aromatic N) is 2. The Labute approximate surface area is 190 Å². The molecule has 0 amide bonds. The lowest BCUT2D eigenvalue weighted by Gasteiger charge is -2.36. The molecule has 1 fully saturated rings. The van der Waals surface area contributed by atoms with Crippen molar-refractivity contribution in [3.05, 3.63) is 11.4 Å². The Morgan fingerprint density at radius 3 is 2.13 bits per heavy atom. The molecule has 178 valence electrons. The number of hydrogen-bond donors (Lipinski definition) is 0. The lowest BCUT2D eigenvalue weighted by atomic mass is 9.77. The molecule has 0 aromatic carbocycles. The molecule has 9 heteroatoms. The van der Waals surface area contributed by atoms with Crippen molar-refractivity contribution in [1.82, 2.24) is 9.78 Å². The van der Waals surface area contributed by atoms with E-state index in [1.807, 2.05) is 11.6 Å². The van der Waals surface area contributed by atoms with Crippen molar-refractivity contribution in [2.45, 2.75) is 97.9 Å². The molecule has 1 aliphatic heterocycles. The first kappa shape index (κ1) is 26.5. The first-order chi connectivity index (χ1) is 14.1. The van der Waals surface area contributed by atoms with Gasteiger partial charge in [-0.05, 0) is 52.8 Å². The smallest absolute Gasteiger partial charge is 0.411 e.